The van der Waals surface area contributed by atoms with Crippen molar-refractivity contribution in [2.45, 2.75) is 70.9 Å². The second kappa shape index (κ2) is 8.58. The van der Waals surface area contributed by atoms with E-state index in [1.54, 1.807) is 6.92 Å². The van der Waals surface area contributed by atoms with Gasteiger partial charge in [0.2, 0.25) is 0 Å². The van der Waals surface area contributed by atoms with Crippen LogP contribution in [0, 0.1) is 5.92 Å². The molecule has 0 aromatic rings. The number of aliphatic hydroxyl groups is 4. The third kappa shape index (κ3) is 5.91. The largest absolute Gasteiger partial charge is 0.390 e. The van der Waals surface area contributed by atoms with Crippen molar-refractivity contribution < 1.29 is 25.2 Å². The van der Waals surface area contributed by atoms with Crippen LogP contribution >= 0.6 is 0 Å². The van der Waals surface area contributed by atoms with E-state index in [0.717, 1.165) is 6.42 Å². The van der Waals surface area contributed by atoms with Gasteiger partial charge in [-0.2, -0.15) is 0 Å². The standard InChI is InChI=1S/C13H26O5/c1-4-9(14)11(16)13(18)12(17)10(15)7-5-6-8(2)3/h8-9,11-14,16-18H,4-7H2,1-3H3/t9-,11-,12+,13+/m1/s1. The van der Waals surface area contributed by atoms with Crippen molar-refractivity contribution in [1.29, 1.82) is 0 Å². The molecule has 0 spiro atoms. The minimum absolute atomic E-state index is 0.172. The summed E-state index contributed by atoms with van der Waals surface area (Å²) < 4.78 is 0. The number of hydrogen-bond acceptors (Lipinski definition) is 5. The highest BCUT2D eigenvalue weighted by Crippen LogP contribution is 2.12. The lowest BCUT2D eigenvalue weighted by molar-refractivity contribution is -0.145. The molecule has 0 heterocycles. The minimum atomic E-state index is -1.63. The molecular formula is C13H26O5. The quantitative estimate of drug-likeness (QED) is 0.477. The van der Waals surface area contributed by atoms with Crippen LogP contribution in [0.3, 0.4) is 0 Å². The molecule has 0 saturated heterocycles. The molecule has 0 aromatic heterocycles. The molecule has 0 saturated carbocycles. The van der Waals surface area contributed by atoms with E-state index < -0.39 is 30.2 Å². The molecule has 108 valence electrons. The van der Waals surface area contributed by atoms with Crippen LogP contribution < -0.4 is 0 Å². The molecule has 0 fully saturated rings. The molecule has 18 heavy (non-hydrogen) atoms. The fourth-order valence-electron chi connectivity index (χ4n) is 1.68. The van der Waals surface area contributed by atoms with E-state index in [1.807, 2.05) is 13.8 Å². The van der Waals surface area contributed by atoms with Gasteiger partial charge in [-0.3, -0.25) is 4.79 Å². The maximum absolute atomic E-state index is 11.6. The van der Waals surface area contributed by atoms with E-state index in [2.05, 4.69) is 0 Å². The second-order valence-corrected chi connectivity index (χ2v) is 5.15. The summed E-state index contributed by atoms with van der Waals surface area (Å²) in [5.74, 6) is -0.0159. The van der Waals surface area contributed by atoms with Crippen LogP contribution in [0.15, 0.2) is 0 Å². The lowest BCUT2D eigenvalue weighted by atomic mass is 9.95. The number of rotatable bonds is 9. The summed E-state index contributed by atoms with van der Waals surface area (Å²) in [6, 6.07) is 0. The van der Waals surface area contributed by atoms with Crippen molar-refractivity contribution in [3.63, 3.8) is 0 Å². The Labute approximate surface area is 108 Å². The third-order valence-corrected chi connectivity index (χ3v) is 3.02. The molecule has 0 aliphatic heterocycles. The van der Waals surface area contributed by atoms with Gasteiger partial charge in [-0.25, -0.2) is 0 Å². The normalized spacial score (nSPS) is 18.4. The van der Waals surface area contributed by atoms with Crippen LogP contribution in [0.5, 0.6) is 0 Å². The highest BCUT2D eigenvalue weighted by Gasteiger charge is 2.33. The molecule has 5 nitrogen and oxygen atoms in total. The van der Waals surface area contributed by atoms with Crippen LogP contribution in [0.2, 0.25) is 0 Å². The van der Waals surface area contributed by atoms with Gasteiger partial charge in [-0.1, -0.05) is 27.2 Å². The Hall–Kier alpha value is -0.490. The van der Waals surface area contributed by atoms with E-state index in [0.29, 0.717) is 12.3 Å². The summed E-state index contributed by atoms with van der Waals surface area (Å²) in [5, 5.41) is 38.0. The van der Waals surface area contributed by atoms with Crippen LogP contribution in [-0.2, 0) is 4.79 Å². The first kappa shape index (κ1) is 17.5. The summed E-state index contributed by atoms with van der Waals surface area (Å²) in [5.41, 5.74) is 0. The van der Waals surface area contributed by atoms with Gasteiger partial charge >= 0.3 is 0 Å². The van der Waals surface area contributed by atoms with Gasteiger partial charge in [-0.15, -0.1) is 0 Å². The number of carbonyl (C=O) groups is 1. The molecule has 4 N–H and O–H groups in total. The van der Waals surface area contributed by atoms with Crippen molar-refractivity contribution in [2.75, 3.05) is 0 Å². The van der Waals surface area contributed by atoms with E-state index in [-0.39, 0.29) is 12.8 Å². The predicted molar refractivity (Wildman–Crippen MR) is 68.0 cm³/mol. The number of Topliss-reactive ketones (excluding diaryl/α,β-unsaturated/α-hetero) is 1. The molecule has 0 radical (unpaired) electrons. The molecule has 0 aliphatic carbocycles. The molecule has 5 heteroatoms. The van der Waals surface area contributed by atoms with Gasteiger partial charge in [0.1, 0.15) is 18.3 Å². The highest BCUT2D eigenvalue weighted by molar-refractivity contribution is 5.83. The van der Waals surface area contributed by atoms with Gasteiger partial charge in [0.05, 0.1) is 6.10 Å². The topological polar surface area (TPSA) is 98.0 Å². The number of aliphatic hydroxyl groups excluding tert-OH is 4. The van der Waals surface area contributed by atoms with E-state index in [4.69, 9.17) is 0 Å². The second-order valence-electron chi connectivity index (χ2n) is 5.15. The maximum atomic E-state index is 11.6. The summed E-state index contributed by atoms with van der Waals surface area (Å²) >= 11 is 0. The molecule has 0 aromatic carbocycles. The van der Waals surface area contributed by atoms with Crippen LogP contribution in [0.4, 0.5) is 0 Å². The van der Waals surface area contributed by atoms with Crippen LogP contribution in [0.25, 0.3) is 0 Å². The fraction of sp³-hybridized carbons (Fsp3) is 0.923. The molecule has 0 aliphatic rings. The number of hydrogen-bond donors (Lipinski definition) is 4. The smallest absolute Gasteiger partial charge is 0.164 e. The Morgan fingerprint density at radius 3 is 2.06 bits per heavy atom. The average molecular weight is 262 g/mol. The first-order chi connectivity index (χ1) is 8.31. The van der Waals surface area contributed by atoms with Gasteiger partial charge in [0.15, 0.2) is 5.78 Å². The van der Waals surface area contributed by atoms with Crippen molar-refractivity contribution in [1.82, 2.24) is 0 Å². The predicted octanol–water partition coefficient (Wildman–Crippen LogP) is 0.235. The van der Waals surface area contributed by atoms with E-state index >= 15 is 0 Å². The van der Waals surface area contributed by atoms with Gasteiger partial charge in [-0.05, 0) is 18.8 Å². The van der Waals surface area contributed by atoms with Gasteiger partial charge in [0.25, 0.3) is 0 Å². The first-order valence-corrected chi connectivity index (χ1v) is 6.56. The molecule has 0 unspecified atom stereocenters. The van der Waals surface area contributed by atoms with E-state index in [1.165, 1.54) is 0 Å². The summed E-state index contributed by atoms with van der Waals surface area (Å²) in [6.07, 6.45) is -3.98. The lowest BCUT2D eigenvalue weighted by Gasteiger charge is -2.25. The van der Waals surface area contributed by atoms with Crippen molar-refractivity contribution in [2.24, 2.45) is 5.92 Å². The van der Waals surface area contributed by atoms with E-state index in [9.17, 15) is 25.2 Å². The van der Waals surface area contributed by atoms with Crippen molar-refractivity contribution in [3.8, 4) is 0 Å². The number of carbonyl (C=O) groups excluding carboxylic acids is 1. The monoisotopic (exact) mass is 262 g/mol. The minimum Gasteiger partial charge on any atom is -0.390 e. The lowest BCUT2D eigenvalue weighted by Crippen LogP contribution is -2.47. The highest BCUT2D eigenvalue weighted by atomic mass is 16.4. The zero-order valence-electron chi connectivity index (χ0n) is 11.4. The molecule has 0 rings (SSSR count). The maximum Gasteiger partial charge on any atom is 0.164 e. The third-order valence-electron chi connectivity index (χ3n) is 3.02. The SMILES string of the molecule is CC[C@@H](O)[C@@H](O)[C@H](O)[C@@H](O)C(=O)CCCC(C)C. The zero-order valence-corrected chi connectivity index (χ0v) is 11.4. The van der Waals surface area contributed by atoms with Crippen LogP contribution in [0.1, 0.15) is 46.5 Å². The molecular weight excluding hydrogens is 236 g/mol. The van der Waals surface area contributed by atoms with Gasteiger partial charge < -0.3 is 20.4 Å². The summed E-state index contributed by atoms with van der Waals surface area (Å²) in [4.78, 5) is 11.6. The molecule has 4 atom stereocenters. The van der Waals surface area contributed by atoms with Crippen molar-refractivity contribution >= 4 is 5.78 Å². The fourth-order valence-corrected chi connectivity index (χ4v) is 1.68. The number of ketones is 1. The Bertz CT molecular complexity index is 242. The summed E-state index contributed by atoms with van der Waals surface area (Å²) in [6.45, 7) is 5.71. The average Bonchev–Trinajstić information content (AvgIpc) is 2.34. The zero-order chi connectivity index (χ0) is 14.3. The molecule has 0 amide bonds. The Kier molecular flexibility index (Phi) is 8.35. The Morgan fingerprint density at radius 2 is 1.61 bits per heavy atom. The van der Waals surface area contributed by atoms with Crippen LogP contribution in [-0.4, -0.2) is 50.6 Å². The first-order valence-electron chi connectivity index (χ1n) is 6.56. The van der Waals surface area contributed by atoms with Crippen molar-refractivity contribution in [3.05, 3.63) is 0 Å². The molecule has 0 bridgehead atoms. The summed E-state index contributed by atoms with van der Waals surface area (Å²) in [7, 11) is 0. The Morgan fingerprint density at radius 1 is 1.06 bits per heavy atom. The Balaban J connectivity index is 4.19. The van der Waals surface area contributed by atoms with Gasteiger partial charge in [0, 0.05) is 6.42 Å².